The van der Waals surface area contributed by atoms with Crippen molar-refractivity contribution in [2.45, 2.75) is 52.7 Å². The van der Waals surface area contributed by atoms with E-state index in [0.29, 0.717) is 6.04 Å². The predicted octanol–water partition coefficient (Wildman–Crippen LogP) is 3.29. The number of rotatable bonds is 3. The van der Waals surface area contributed by atoms with Crippen molar-refractivity contribution in [2.24, 2.45) is 5.41 Å². The van der Waals surface area contributed by atoms with E-state index in [9.17, 15) is 0 Å². The molecule has 2 rings (SSSR count). The van der Waals surface area contributed by atoms with Crippen LogP contribution in [0.2, 0.25) is 0 Å². The van der Waals surface area contributed by atoms with Crippen molar-refractivity contribution in [3.05, 3.63) is 29.8 Å². The molecule has 0 spiro atoms. The van der Waals surface area contributed by atoms with Gasteiger partial charge >= 0.3 is 0 Å². The minimum absolute atomic E-state index is 0.157. The molecule has 1 heterocycles. The van der Waals surface area contributed by atoms with E-state index in [0.717, 1.165) is 25.4 Å². The van der Waals surface area contributed by atoms with Crippen molar-refractivity contribution >= 4 is 0 Å². The Kier molecular flexibility index (Phi) is 4.64. The van der Waals surface area contributed by atoms with E-state index in [1.54, 1.807) is 7.11 Å². The Balaban J connectivity index is 2.24. The van der Waals surface area contributed by atoms with Crippen LogP contribution in [0.4, 0.5) is 0 Å². The van der Waals surface area contributed by atoms with Gasteiger partial charge in [-0.15, -0.1) is 0 Å². The fourth-order valence-electron chi connectivity index (χ4n) is 3.25. The number of nitrogens with one attached hydrogen (secondary N) is 1. The van der Waals surface area contributed by atoms with Crippen molar-refractivity contribution in [3.8, 4) is 5.75 Å². The van der Waals surface area contributed by atoms with Crippen LogP contribution in [0.15, 0.2) is 24.3 Å². The van der Waals surface area contributed by atoms with Gasteiger partial charge in [0.1, 0.15) is 5.75 Å². The molecule has 1 saturated heterocycles. The summed E-state index contributed by atoms with van der Waals surface area (Å²) in [5.41, 5.74) is 1.68. The molecule has 1 atom stereocenters. The molecule has 3 nitrogen and oxygen atoms in total. The molecule has 1 aliphatic heterocycles. The Labute approximate surface area is 129 Å². The minimum Gasteiger partial charge on any atom is -0.496 e. The van der Waals surface area contributed by atoms with Crippen LogP contribution >= 0.6 is 0 Å². The maximum Gasteiger partial charge on any atom is 0.123 e. The highest BCUT2D eigenvalue weighted by Crippen LogP contribution is 2.31. The lowest BCUT2D eigenvalue weighted by Gasteiger charge is -2.49. The maximum atomic E-state index is 5.52. The third kappa shape index (κ3) is 3.98. The Morgan fingerprint density at radius 1 is 1.29 bits per heavy atom. The van der Waals surface area contributed by atoms with Crippen LogP contribution in [-0.2, 0) is 6.54 Å². The van der Waals surface area contributed by atoms with Crippen molar-refractivity contribution in [1.82, 2.24) is 10.2 Å². The monoisotopic (exact) mass is 290 g/mol. The summed E-state index contributed by atoms with van der Waals surface area (Å²) in [6.45, 7) is 14.6. The maximum absolute atomic E-state index is 5.52. The van der Waals surface area contributed by atoms with Gasteiger partial charge in [-0.3, -0.25) is 4.90 Å². The molecule has 0 bridgehead atoms. The van der Waals surface area contributed by atoms with Gasteiger partial charge in [0.2, 0.25) is 0 Å². The molecule has 0 amide bonds. The second kappa shape index (κ2) is 5.98. The van der Waals surface area contributed by atoms with E-state index in [2.05, 4.69) is 63.0 Å². The normalized spacial score (nSPS) is 23.0. The van der Waals surface area contributed by atoms with E-state index >= 15 is 0 Å². The Bertz CT molecular complexity index is 476. The highest BCUT2D eigenvalue weighted by molar-refractivity contribution is 5.33. The van der Waals surface area contributed by atoms with Crippen molar-refractivity contribution in [1.29, 1.82) is 0 Å². The number of benzene rings is 1. The van der Waals surface area contributed by atoms with Gasteiger partial charge in [0.25, 0.3) is 0 Å². The van der Waals surface area contributed by atoms with Crippen molar-refractivity contribution in [2.75, 3.05) is 20.2 Å². The third-order valence-electron chi connectivity index (χ3n) is 4.38. The van der Waals surface area contributed by atoms with Gasteiger partial charge in [0.05, 0.1) is 7.11 Å². The van der Waals surface area contributed by atoms with Gasteiger partial charge in [-0.05, 0) is 25.3 Å². The van der Waals surface area contributed by atoms with E-state index in [1.165, 1.54) is 5.56 Å². The molecular weight excluding hydrogens is 260 g/mol. The number of nitrogens with zero attached hydrogens (tertiary/aromatic N) is 1. The zero-order valence-electron chi connectivity index (χ0n) is 14.4. The first-order valence-corrected chi connectivity index (χ1v) is 7.84. The Morgan fingerprint density at radius 2 is 1.95 bits per heavy atom. The van der Waals surface area contributed by atoms with Gasteiger partial charge < -0.3 is 10.1 Å². The Morgan fingerprint density at radius 3 is 2.57 bits per heavy atom. The zero-order chi connectivity index (χ0) is 15.7. The molecule has 21 heavy (non-hydrogen) atoms. The molecule has 1 unspecified atom stereocenters. The summed E-state index contributed by atoms with van der Waals surface area (Å²) in [5, 5.41) is 3.69. The standard InChI is InChI=1S/C18H30N2O/c1-17(2,3)16-11-19-18(4,5)13-20(16)12-14-9-7-8-10-15(14)21-6/h7-10,16,19H,11-13H2,1-6H3. The molecular formula is C18H30N2O. The number of ether oxygens (including phenoxy) is 1. The molecule has 1 N–H and O–H groups in total. The average molecular weight is 290 g/mol. The van der Waals surface area contributed by atoms with E-state index in [1.807, 2.05) is 6.07 Å². The lowest BCUT2D eigenvalue weighted by Crippen LogP contribution is -2.64. The molecule has 0 saturated carbocycles. The highest BCUT2D eigenvalue weighted by Gasteiger charge is 2.38. The van der Waals surface area contributed by atoms with E-state index in [4.69, 9.17) is 4.74 Å². The average Bonchev–Trinajstić information content (AvgIpc) is 2.36. The summed E-state index contributed by atoms with van der Waals surface area (Å²) >= 11 is 0. The summed E-state index contributed by atoms with van der Waals surface area (Å²) in [6, 6.07) is 8.88. The van der Waals surface area contributed by atoms with Crippen LogP contribution in [0.1, 0.15) is 40.2 Å². The largest absolute Gasteiger partial charge is 0.496 e. The van der Waals surface area contributed by atoms with Crippen molar-refractivity contribution < 1.29 is 4.74 Å². The molecule has 1 fully saturated rings. The molecule has 0 aromatic heterocycles. The summed E-state index contributed by atoms with van der Waals surface area (Å²) in [7, 11) is 1.75. The van der Waals surface area contributed by atoms with E-state index < -0.39 is 0 Å². The zero-order valence-corrected chi connectivity index (χ0v) is 14.4. The van der Waals surface area contributed by atoms with Gasteiger partial charge in [-0.1, -0.05) is 39.0 Å². The molecule has 0 aliphatic carbocycles. The fourth-order valence-corrected chi connectivity index (χ4v) is 3.25. The number of hydrogen-bond donors (Lipinski definition) is 1. The van der Waals surface area contributed by atoms with Crippen LogP contribution in [0, 0.1) is 5.41 Å². The van der Waals surface area contributed by atoms with Crippen LogP contribution in [0.25, 0.3) is 0 Å². The smallest absolute Gasteiger partial charge is 0.123 e. The predicted molar refractivity (Wildman–Crippen MR) is 88.7 cm³/mol. The summed E-state index contributed by atoms with van der Waals surface area (Å²) < 4.78 is 5.52. The second-order valence-corrected chi connectivity index (χ2v) is 7.86. The van der Waals surface area contributed by atoms with Gasteiger partial charge in [0, 0.05) is 36.8 Å². The lowest BCUT2D eigenvalue weighted by molar-refractivity contribution is 0.0267. The number of methoxy groups -OCH3 is 1. The van der Waals surface area contributed by atoms with Gasteiger partial charge in [0.15, 0.2) is 0 Å². The number of hydrogen-bond acceptors (Lipinski definition) is 3. The molecule has 3 heteroatoms. The van der Waals surface area contributed by atoms with Gasteiger partial charge in [-0.2, -0.15) is 0 Å². The first kappa shape index (κ1) is 16.3. The highest BCUT2D eigenvalue weighted by atomic mass is 16.5. The van der Waals surface area contributed by atoms with Crippen LogP contribution in [0.5, 0.6) is 5.75 Å². The summed E-state index contributed by atoms with van der Waals surface area (Å²) in [4.78, 5) is 2.61. The van der Waals surface area contributed by atoms with Crippen LogP contribution < -0.4 is 10.1 Å². The lowest BCUT2D eigenvalue weighted by atomic mass is 9.82. The first-order valence-electron chi connectivity index (χ1n) is 7.84. The van der Waals surface area contributed by atoms with Crippen LogP contribution in [0.3, 0.4) is 0 Å². The molecule has 1 aromatic carbocycles. The number of para-hydroxylation sites is 1. The summed E-state index contributed by atoms with van der Waals surface area (Å²) in [6.07, 6.45) is 0. The summed E-state index contributed by atoms with van der Waals surface area (Å²) in [5.74, 6) is 0.987. The topological polar surface area (TPSA) is 24.5 Å². The molecule has 1 aromatic rings. The minimum atomic E-state index is 0.157. The number of piperazine rings is 1. The Hall–Kier alpha value is -1.06. The van der Waals surface area contributed by atoms with E-state index in [-0.39, 0.29) is 11.0 Å². The quantitative estimate of drug-likeness (QED) is 0.924. The first-order chi connectivity index (χ1) is 9.73. The van der Waals surface area contributed by atoms with Crippen molar-refractivity contribution in [3.63, 3.8) is 0 Å². The van der Waals surface area contributed by atoms with Gasteiger partial charge in [-0.25, -0.2) is 0 Å². The fraction of sp³-hybridized carbons (Fsp3) is 0.667. The second-order valence-electron chi connectivity index (χ2n) is 7.86. The molecule has 118 valence electrons. The third-order valence-corrected chi connectivity index (χ3v) is 4.38. The molecule has 1 aliphatic rings. The van der Waals surface area contributed by atoms with Crippen LogP contribution in [-0.4, -0.2) is 36.7 Å². The molecule has 0 radical (unpaired) electrons. The SMILES string of the molecule is COc1ccccc1CN1CC(C)(C)NCC1C(C)(C)C.